The summed E-state index contributed by atoms with van der Waals surface area (Å²) < 4.78 is 5.64. The smallest absolute Gasteiger partial charge is 0.257 e. The van der Waals surface area contributed by atoms with E-state index in [0.29, 0.717) is 5.22 Å². The van der Waals surface area contributed by atoms with Gasteiger partial charge in [-0.15, -0.1) is 0 Å². The summed E-state index contributed by atoms with van der Waals surface area (Å²) in [6.45, 7) is 3.95. The van der Waals surface area contributed by atoms with Gasteiger partial charge < -0.3 is 9.73 Å². The van der Waals surface area contributed by atoms with E-state index >= 15 is 0 Å². The zero-order chi connectivity index (χ0) is 16.2. The van der Waals surface area contributed by atoms with Crippen molar-refractivity contribution < 1.29 is 9.21 Å². The lowest BCUT2D eigenvalue weighted by molar-refractivity contribution is -0.115. The lowest BCUT2D eigenvalue weighted by Gasteiger charge is -2.10. The molecule has 3 rings (SSSR count). The Morgan fingerprint density at radius 2 is 1.96 bits per heavy atom. The molecule has 0 aliphatic carbocycles. The average molecular weight is 326 g/mol. The number of hydrogen-bond donors (Lipinski definition) is 1. The minimum atomic E-state index is -0.297. The molecule has 23 heavy (non-hydrogen) atoms. The van der Waals surface area contributed by atoms with Crippen LogP contribution in [0.25, 0.3) is 11.1 Å². The second kappa shape index (κ2) is 6.87. The third-order valence-electron chi connectivity index (χ3n) is 3.55. The Hall–Kier alpha value is -2.27. The largest absolute Gasteiger partial charge is 0.431 e. The Morgan fingerprint density at radius 3 is 2.65 bits per heavy atom. The molecule has 1 atom stereocenters. The van der Waals surface area contributed by atoms with Crippen LogP contribution in [-0.2, 0) is 11.2 Å². The molecule has 0 radical (unpaired) electrons. The number of benzene rings is 2. The molecule has 0 bridgehead atoms. The van der Waals surface area contributed by atoms with E-state index in [9.17, 15) is 4.79 Å². The highest BCUT2D eigenvalue weighted by Gasteiger charge is 2.18. The van der Waals surface area contributed by atoms with Crippen LogP contribution in [0, 0.1) is 0 Å². The summed E-state index contributed by atoms with van der Waals surface area (Å²) in [6.07, 6.45) is 0.984. The van der Waals surface area contributed by atoms with Crippen LogP contribution in [0.4, 0.5) is 5.69 Å². The maximum Gasteiger partial charge on any atom is 0.257 e. The van der Waals surface area contributed by atoms with Crippen molar-refractivity contribution in [2.75, 3.05) is 5.32 Å². The van der Waals surface area contributed by atoms with Gasteiger partial charge in [0.05, 0.1) is 5.25 Å². The minimum Gasteiger partial charge on any atom is -0.431 e. The van der Waals surface area contributed by atoms with Gasteiger partial charge in [-0.2, -0.15) is 0 Å². The molecule has 3 aromatic rings. The lowest BCUT2D eigenvalue weighted by atomic mass is 10.1. The van der Waals surface area contributed by atoms with Gasteiger partial charge in [0.25, 0.3) is 5.22 Å². The quantitative estimate of drug-likeness (QED) is 0.701. The van der Waals surface area contributed by atoms with Crippen molar-refractivity contribution in [2.45, 2.75) is 30.7 Å². The molecule has 1 amide bonds. The summed E-state index contributed by atoms with van der Waals surface area (Å²) in [5.41, 5.74) is 3.59. The number of carbonyl (C=O) groups is 1. The van der Waals surface area contributed by atoms with Crippen molar-refractivity contribution in [1.29, 1.82) is 0 Å². The number of anilines is 1. The van der Waals surface area contributed by atoms with E-state index in [2.05, 4.69) is 17.2 Å². The van der Waals surface area contributed by atoms with E-state index in [-0.39, 0.29) is 11.2 Å². The number of para-hydroxylation sites is 2. The Bertz CT molecular complexity index is 778. The normalized spacial score (nSPS) is 12.3. The van der Waals surface area contributed by atoms with E-state index in [1.807, 2.05) is 55.5 Å². The van der Waals surface area contributed by atoms with Crippen molar-refractivity contribution in [3.63, 3.8) is 0 Å². The third-order valence-corrected chi connectivity index (χ3v) is 4.49. The predicted octanol–water partition coefficient (Wildman–Crippen LogP) is 4.51. The van der Waals surface area contributed by atoms with Crippen LogP contribution in [0.2, 0.25) is 0 Å². The molecule has 1 N–H and O–H groups in total. The number of nitrogens with zero attached hydrogens (tertiary/aromatic N) is 1. The Morgan fingerprint density at radius 1 is 1.22 bits per heavy atom. The minimum absolute atomic E-state index is 0.0681. The predicted molar refractivity (Wildman–Crippen MR) is 93.8 cm³/mol. The van der Waals surface area contributed by atoms with Crippen LogP contribution in [0.15, 0.2) is 58.2 Å². The Labute approximate surface area is 139 Å². The van der Waals surface area contributed by atoms with Gasteiger partial charge in [0.2, 0.25) is 5.91 Å². The molecule has 118 valence electrons. The van der Waals surface area contributed by atoms with Gasteiger partial charge >= 0.3 is 0 Å². The first-order valence-electron chi connectivity index (χ1n) is 7.57. The van der Waals surface area contributed by atoms with Gasteiger partial charge in [0.15, 0.2) is 5.58 Å². The molecule has 0 spiro atoms. The first-order valence-corrected chi connectivity index (χ1v) is 8.45. The fraction of sp³-hybridized carbons (Fsp3) is 0.222. The first kappa shape index (κ1) is 15.6. The number of hydrogen-bond acceptors (Lipinski definition) is 4. The molecule has 5 heteroatoms. The topological polar surface area (TPSA) is 55.1 Å². The van der Waals surface area contributed by atoms with E-state index < -0.39 is 0 Å². The van der Waals surface area contributed by atoms with Crippen molar-refractivity contribution in [2.24, 2.45) is 0 Å². The fourth-order valence-electron chi connectivity index (χ4n) is 2.17. The van der Waals surface area contributed by atoms with Gasteiger partial charge in [0, 0.05) is 5.69 Å². The molecular weight excluding hydrogens is 308 g/mol. The molecule has 0 unspecified atom stereocenters. The monoisotopic (exact) mass is 326 g/mol. The highest BCUT2D eigenvalue weighted by atomic mass is 32.2. The number of aryl methyl sites for hydroxylation is 1. The standard InChI is InChI=1S/C18H18N2O2S/c1-3-13-8-10-14(11-9-13)19-17(21)12(2)23-18-20-15-6-4-5-7-16(15)22-18/h4-12H,3H2,1-2H3,(H,19,21)/t12-/m1/s1. The van der Waals surface area contributed by atoms with Crippen LogP contribution >= 0.6 is 11.8 Å². The number of rotatable bonds is 5. The average Bonchev–Trinajstić information content (AvgIpc) is 2.97. The number of oxazole rings is 1. The van der Waals surface area contributed by atoms with Crippen LogP contribution in [0.5, 0.6) is 0 Å². The fourth-order valence-corrected chi connectivity index (χ4v) is 2.93. The van der Waals surface area contributed by atoms with Crippen LogP contribution in [0.1, 0.15) is 19.4 Å². The molecule has 0 fully saturated rings. The van der Waals surface area contributed by atoms with Gasteiger partial charge in [-0.3, -0.25) is 4.79 Å². The van der Waals surface area contributed by atoms with E-state index in [1.54, 1.807) is 0 Å². The maximum absolute atomic E-state index is 12.3. The molecule has 1 aromatic heterocycles. The summed E-state index contributed by atoms with van der Waals surface area (Å²) in [6, 6.07) is 15.5. The molecule has 0 saturated carbocycles. The van der Waals surface area contributed by atoms with Crippen molar-refractivity contribution in [1.82, 2.24) is 4.98 Å². The number of carbonyl (C=O) groups excluding carboxylic acids is 1. The summed E-state index contributed by atoms with van der Waals surface area (Å²) in [5, 5.41) is 3.13. The van der Waals surface area contributed by atoms with Gasteiger partial charge in [-0.1, -0.05) is 43.0 Å². The molecule has 0 aliphatic heterocycles. The second-order valence-corrected chi connectivity index (χ2v) is 6.54. The second-order valence-electron chi connectivity index (χ2n) is 5.25. The highest BCUT2D eigenvalue weighted by molar-refractivity contribution is 8.00. The molecule has 1 heterocycles. The molecule has 2 aromatic carbocycles. The van der Waals surface area contributed by atoms with Gasteiger partial charge in [-0.25, -0.2) is 4.98 Å². The van der Waals surface area contributed by atoms with E-state index in [0.717, 1.165) is 23.2 Å². The lowest BCUT2D eigenvalue weighted by Crippen LogP contribution is -2.22. The number of fused-ring (bicyclic) bond motifs is 1. The number of nitrogens with one attached hydrogen (secondary N) is 1. The zero-order valence-electron chi connectivity index (χ0n) is 13.1. The van der Waals surface area contributed by atoms with Gasteiger partial charge in [-0.05, 0) is 43.2 Å². The van der Waals surface area contributed by atoms with Crippen LogP contribution in [0.3, 0.4) is 0 Å². The molecule has 0 aliphatic rings. The number of amides is 1. The molecule has 4 nitrogen and oxygen atoms in total. The summed E-state index contributed by atoms with van der Waals surface area (Å²) in [5.74, 6) is -0.0681. The molecule has 0 saturated heterocycles. The summed E-state index contributed by atoms with van der Waals surface area (Å²) in [7, 11) is 0. The van der Waals surface area contributed by atoms with E-state index in [4.69, 9.17) is 4.42 Å². The van der Waals surface area contributed by atoms with E-state index in [1.165, 1.54) is 17.3 Å². The van der Waals surface area contributed by atoms with Crippen molar-refractivity contribution >= 4 is 34.5 Å². The Balaban J connectivity index is 1.64. The van der Waals surface area contributed by atoms with Crippen LogP contribution in [-0.4, -0.2) is 16.1 Å². The highest BCUT2D eigenvalue weighted by Crippen LogP contribution is 2.27. The first-order chi connectivity index (χ1) is 11.2. The van der Waals surface area contributed by atoms with Crippen LogP contribution < -0.4 is 5.32 Å². The third kappa shape index (κ3) is 3.74. The summed E-state index contributed by atoms with van der Waals surface area (Å²) >= 11 is 1.31. The Kier molecular flexibility index (Phi) is 4.67. The number of thioether (sulfide) groups is 1. The maximum atomic E-state index is 12.3. The van der Waals surface area contributed by atoms with Crippen molar-refractivity contribution in [3.8, 4) is 0 Å². The SMILES string of the molecule is CCc1ccc(NC(=O)[C@@H](C)Sc2nc3ccccc3o2)cc1. The molecular formula is C18H18N2O2S. The zero-order valence-corrected chi connectivity index (χ0v) is 13.9. The van der Waals surface area contributed by atoms with Crippen molar-refractivity contribution in [3.05, 3.63) is 54.1 Å². The van der Waals surface area contributed by atoms with Gasteiger partial charge in [0.1, 0.15) is 5.52 Å². The number of aromatic nitrogens is 1. The summed E-state index contributed by atoms with van der Waals surface area (Å²) in [4.78, 5) is 16.7.